The van der Waals surface area contributed by atoms with Crippen molar-refractivity contribution >= 4 is 60.5 Å². The number of hydrogen-bond donors (Lipinski definition) is 0. The van der Waals surface area contributed by atoms with Crippen LogP contribution in [-0.4, -0.2) is 79.0 Å². The molecule has 2 heterocycles. The van der Waals surface area contributed by atoms with Crippen LogP contribution in [-0.2, 0) is 20.0 Å². The predicted octanol–water partition coefficient (Wildman–Crippen LogP) is 5.98. The van der Waals surface area contributed by atoms with Gasteiger partial charge in [0.1, 0.15) is 21.1 Å². The molecule has 4 aromatic rings. The Bertz CT molecular complexity index is 1980. The number of rotatable bonds is 10. The number of anilines is 1. The van der Waals surface area contributed by atoms with Gasteiger partial charge in [0.05, 0.1) is 13.7 Å². The molecule has 10 nitrogen and oxygen atoms in total. The Hall–Kier alpha value is -3.65. The number of quaternary nitrogens is 1. The highest BCUT2D eigenvalue weighted by Crippen LogP contribution is 2.49. The number of piperazine rings is 1. The molecule has 14 heteroatoms. The van der Waals surface area contributed by atoms with Crippen LogP contribution in [0.15, 0.2) is 101 Å². The second kappa shape index (κ2) is 13.3. The van der Waals surface area contributed by atoms with Crippen molar-refractivity contribution in [2.24, 2.45) is 0 Å². The van der Waals surface area contributed by atoms with Gasteiger partial charge in [0.2, 0.25) is 5.69 Å². The average molecular weight is 731 g/mol. The number of halogens is 2. The van der Waals surface area contributed by atoms with Gasteiger partial charge in [-0.2, -0.15) is 16.8 Å². The maximum absolute atomic E-state index is 15.0. The number of aryl methyl sites for hydroxylation is 1. The Kier molecular flexibility index (Phi) is 9.51. The number of amides is 1. The molecule has 2 aliphatic rings. The SMILES string of the molecule is COc1ccc2c(c1)C(=O)N(CCCN1CCN(c3cccc(Cl)c3)CC1)[N+]2(S(=O)(=O)c1ccc(C)cc1)S(=O)(=O)c1ccc(Cl)cc1. The number of nitrogens with zero attached hydrogens (tertiary/aromatic N) is 4. The van der Waals surface area contributed by atoms with E-state index in [1.54, 1.807) is 19.1 Å². The number of carbonyl (C=O) groups is 1. The van der Waals surface area contributed by atoms with Crippen LogP contribution >= 0.6 is 23.2 Å². The molecule has 0 spiro atoms. The molecule has 0 bridgehead atoms. The van der Waals surface area contributed by atoms with Crippen molar-refractivity contribution in [2.75, 3.05) is 51.3 Å². The second-order valence-electron chi connectivity index (χ2n) is 11.7. The molecular formula is C34H35Cl2N4O6S2+. The van der Waals surface area contributed by atoms with Crippen molar-refractivity contribution in [3.63, 3.8) is 0 Å². The van der Waals surface area contributed by atoms with E-state index >= 15 is 8.42 Å². The van der Waals surface area contributed by atoms with E-state index in [4.69, 9.17) is 27.9 Å². The smallest absolute Gasteiger partial charge is 0.370 e. The highest BCUT2D eigenvalue weighted by Gasteiger charge is 2.69. The first kappa shape index (κ1) is 34.2. The van der Waals surface area contributed by atoms with Crippen molar-refractivity contribution in [3.8, 4) is 5.75 Å². The number of benzene rings is 4. The standard InChI is InChI=1S/C34H35Cl2N4O6S2/c1-25-7-12-30(13-8-25)47(42,43)40(48(44,45)31-14-9-26(35)10-15-31)33-16-11-29(46-2)24-32(33)34(41)39(40)18-4-17-37-19-21-38(22-20-37)28-6-3-5-27(36)23-28/h3,5-16,23-24H,4,17-22H2,1-2H3/q+1. The van der Waals surface area contributed by atoms with Gasteiger partial charge in [-0.3, -0.25) is 9.69 Å². The van der Waals surface area contributed by atoms with E-state index < -0.39 is 29.4 Å². The Morgan fingerprint density at radius 3 is 1.98 bits per heavy atom. The Labute approximate surface area is 291 Å². The van der Waals surface area contributed by atoms with Gasteiger partial charge in [-0.15, -0.1) is 5.01 Å². The van der Waals surface area contributed by atoms with Crippen LogP contribution in [0.3, 0.4) is 0 Å². The summed E-state index contributed by atoms with van der Waals surface area (Å²) in [5, 5.41) is 1.90. The number of hydrogen-bond acceptors (Lipinski definition) is 8. The third-order valence-electron chi connectivity index (χ3n) is 8.76. The van der Waals surface area contributed by atoms with Crippen LogP contribution in [0.5, 0.6) is 5.75 Å². The molecule has 0 aromatic heterocycles. The van der Waals surface area contributed by atoms with Crippen LogP contribution in [0, 0.1) is 6.92 Å². The molecular weight excluding hydrogens is 695 g/mol. The van der Waals surface area contributed by atoms with Crippen molar-refractivity contribution in [2.45, 2.75) is 23.1 Å². The van der Waals surface area contributed by atoms with Gasteiger partial charge in [-0.05, 0) is 80.1 Å². The molecule has 0 radical (unpaired) electrons. The van der Waals surface area contributed by atoms with Crippen molar-refractivity contribution < 1.29 is 26.4 Å². The minimum atomic E-state index is -4.92. The topological polar surface area (TPSA) is 104 Å². The van der Waals surface area contributed by atoms with E-state index in [0.29, 0.717) is 18.0 Å². The van der Waals surface area contributed by atoms with E-state index in [1.165, 1.54) is 61.7 Å². The third-order valence-corrected chi connectivity index (χ3v) is 14.3. The molecule has 1 amide bonds. The maximum atomic E-state index is 15.0. The summed E-state index contributed by atoms with van der Waals surface area (Å²) < 4.78 is 63.6. The first-order valence-electron chi connectivity index (χ1n) is 15.4. The zero-order valence-electron chi connectivity index (χ0n) is 26.4. The number of carbonyl (C=O) groups excluding carboxylic acids is 1. The zero-order valence-corrected chi connectivity index (χ0v) is 29.6. The fraction of sp³-hybridized carbons (Fsp3) is 0.265. The van der Waals surface area contributed by atoms with E-state index in [9.17, 15) is 13.2 Å². The quantitative estimate of drug-likeness (QED) is 0.184. The maximum Gasteiger partial charge on any atom is 0.370 e. The monoisotopic (exact) mass is 729 g/mol. The number of sulfonamides is 2. The molecule has 2 aliphatic heterocycles. The normalized spacial score (nSPS) is 18.6. The molecule has 0 N–H and O–H groups in total. The summed E-state index contributed by atoms with van der Waals surface area (Å²) >= 11 is 12.3. The fourth-order valence-electron chi connectivity index (χ4n) is 6.28. The molecule has 6 rings (SSSR count). The van der Waals surface area contributed by atoms with Gasteiger partial charge >= 0.3 is 26.0 Å². The molecule has 1 saturated heterocycles. The number of methoxy groups -OCH3 is 1. The first-order valence-corrected chi connectivity index (χ1v) is 19.0. The van der Waals surface area contributed by atoms with Crippen molar-refractivity contribution in [1.82, 2.24) is 13.3 Å². The molecule has 1 atom stereocenters. The fourth-order valence-corrected chi connectivity index (χ4v) is 11.3. The van der Waals surface area contributed by atoms with E-state index in [1.807, 2.05) is 24.3 Å². The summed E-state index contributed by atoms with van der Waals surface area (Å²) in [5.41, 5.74) is 1.55. The lowest BCUT2D eigenvalue weighted by Crippen LogP contribution is -2.66. The second-order valence-corrected chi connectivity index (χ2v) is 16.7. The van der Waals surface area contributed by atoms with Gasteiger partial charge in [-0.25, -0.2) is 0 Å². The van der Waals surface area contributed by atoms with E-state index in [2.05, 4.69) is 9.80 Å². The van der Waals surface area contributed by atoms with Crippen LogP contribution in [0.2, 0.25) is 10.0 Å². The molecule has 1 unspecified atom stereocenters. The molecule has 0 aliphatic carbocycles. The van der Waals surface area contributed by atoms with Crippen molar-refractivity contribution in [1.29, 1.82) is 0 Å². The van der Waals surface area contributed by atoms with Gasteiger partial charge in [-0.1, -0.05) is 47.0 Å². The summed E-state index contributed by atoms with van der Waals surface area (Å²) in [4.78, 5) is 18.2. The van der Waals surface area contributed by atoms with Crippen LogP contribution in [0.25, 0.3) is 0 Å². The average Bonchev–Trinajstić information content (AvgIpc) is 3.34. The van der Waals surface area contributed by atoms with Gasteiger partial charge in [0, 0.05) is 57.9 Å². The molecule has 48 heavy (non-hydrogen) atoms. The number of fused-ring (bicyclic) bond motifs is 1. The summed E-state index contributed by atoms with van der Waals surface area (Å²) in [5.74, 6) is -0.445. The lowest BCUT2D eigenvalue weighted by molar-refractivity contribution is 0.0618. The zero-order chi connectivity index (χ0) is 34.3. The lowest BCUT2D eigenvalue weighted by atomic mass is 10.2. The van der Waals surface area contributed by atoms with Gasteiger partial charge in [0.15, 0.2) is 0 Å². The first-order chi connectivity index (χ1) is 22.9. The largest absolute Gasteiger partial charge is 0.497 e. The summed E-state index contributed by atoms with van der Waals surface area (Å²) in [7, 11) is -8.40. The van der Waals surface area contributed by atoms with Crippen LogP contribution in [0.1, 0.15) is 22.3 Å². The molecule has 4 aromatic carbocycles. The van der Waals surface area contributed by atoms with Crippen LogP contribution in [0.4, 0.5) is 11.4 Å². The van der Waals surface area contributed by atoms with E-state index in [0.717, 1.165) is 42.4 Å². The molecule has 0 saturated carbocycles. The third kappa shape index (κ3) is 5.84. The highest BCUT2D eigenvalue weighted by molar-refractivity contribution is 8.07. The molecule has 1 fully saturated rings. The lowest BCUT2D eigenvalue weighted by Gasteiger charge is -2.38. The number of ether oxygens (including phenoxy) is 1. The highest BCUT2D eigenvalue weighted by atomic mass is 35.5. The Morgan fingerprint density at radius 2 is 1.38 bits per heavy atom. The van der Waals surface area contributed by atoms with Crippen LogP contribution < -0.4 is 13.0 Å². The van der Waals surface area contributed by atoms with Gasteiger partial charge in [0.25, 0.3) is 0 Å². The van der Waals surface area contributed by atoms with E-state index in [-0.39, 0.29) is 38.4 Å². The predicted molar refractivity (Wildman–Crippen MR) is 188 cm³/mol. The van der Waals surface area contributed by atoms with Gasteiger partial charge < -0.3 is 9.64 Å². The minimum Gasteiger partial charge on any atom is -0.497 e. The Morgan fingerprint density at radius 1 is 0.750 bits per heavy atom. The Balaban J connectivity index is 1.40. The summed E-state index contributed by atoms with van der Waals surface area (Å²) in [6.45, 7) is 5.10. The summed E-state index contributed by atoms with van der Waals surface area (Å²) in [6, 6.07) is 23.1. The minimum absolute atomic E-state index is 0.0716. The molecule has 252 valence electrons. The van der Waals surface area contributed by atoms with Crippen molar-refractivity contribution in [3.05, 3.63) is 112 Å². The summed E-state index contributed by atoms with van der Waals surface area (Å²) in [6.07, 6.45) is 0.313.